The third kappa shape index (κ3) is 4.07. The van der Waals surface area contributed by atoms with Gasteiger partial charge in [-0.1, -0.05) is 6.07 Å². The van der Waals surface area contributed by atoms with Crippen molar-refractivity contribution >= 4 is 32.4 Å². The topological polar surface area (TPSA) is 28.2 Å². The van der Waals surface area contributed by atoms with Gasteiger partial charge in [-0.3, -0.25) is 0 Å². The monoisotopic (exact) mass is 423 g/mol. The predicted octanol–water partition coefficient (Wildman–Crippen LogP) is 4.43. The van der Waals surface area contributed by atoms with Crippen molar-refractivity contribution < 1.29 is 17.6 Å². The average molecular weight is 424 g/mol. The van der Waals surface area contributed by atoms with Crippen LogP contribution in [0.1, 0.15) is 17.5 Å². The van der Waals surface area contributed by atoms with Crippen molar-refractivity contribution in [1.82, 2.24) is 10.3 Å². The highest BCUT2D eigenvalue weighted by Gasteiger charge is 2.34. The molecule has 1 saturated heterocycles. The maximum atomic E-state index is 13.1. The Bertz CT molecular complexity index is 719. The molecule has 9 heteroatoms. The Balaban J connectivity index is 1.63. The SMILES string of the molecule is Fc1ccc(CNC2CCN(c3nc(Br)cs3)C2)c(C(F)(F)F)c1. The van der Waals surface area contributed by atoms with Crippen molar-refractivity contribution in [3.63, 3.8) is 0 Å². The first-order chi connectivity index (χ1) is 11.3. The fourth-order valence-corrected chi connectivity index (χ4v) is 4.00. The number of rotatable bonds is 4. The molecule has 0 radical (unpaired) electrons. The molecule has 0 spiro atoms. The quantitative estimate of drug-likeness (QED) is 0.737. The molecule has 2 aromatic rings. The maximum absolute atomic E-state index is 13.1. The number of aromatic nitrogens is 1. The van der Waals surface area contributed by atoms with E-state index in [1.165, 1.54) is 17.4 Å². The van der Waals surface area contributed by atoms with E-state index in [0.717, 1.165) is 28.8 Å². The molecule has 2 heterocycles. The van der Waals surface area contributed by atoms with Crippen LogP contribution >= 0.6 is 27.3 Å². The molecule has 0 aliphatic carbocycles. The van der Waals surface area contributed by atoms with E-state index in [1.54, 1.807) is 0 Å². The van der Waals surface area contributed by atoms with E-state index in [0.29, 0.717) is 12.6 Å². The fraction of sp³-hybridized carbons (Fsp3) is 0.400. The van der Waals surface area contributed by atoms with E-state index in [2.05, 4.69) is 31.1 Å². The number of hydrogen-bond acceptors (Lipinski definition) is 4. The van der Waals surface area contributed by atoms with Crippen LogP contribution < -0.4 is 10.2 Å². The Kier molecular flexibility index (Phi) is 5.12. The molecule has 1 unspecified atom stereocenters. The van der Waals surface area contributed by atoms with Crippen molar-refractivity contribution in [2.75, 3.05) is 18.0 Å². The minimum Gasteiger partial charge on any atom is -0.346 e. The highest BCUT2D eigenvalue weighted by atomic mass is 79.9. The Hall–Kier alpha value is -1.19. The largest absolute Gasteiger partial charge is 0.416 e. The predicted molar refractivity (Wildman–Crippen MR) is 88.7 cm³/mol. The number of nitrogens with zero attached hydrogens (tertiary/aromatic N) is 2. The van der Waals surface area contributed by atoms with Gasteiger partial charge in [0.05, 0.1) is 5.56 Å². The van der Waals surface area contributed by atoms with Gasteiger partial charge in [0, 0.05) is 31.1 Å². The standard InChI is InChI=1S/C15H14BrF4N3S/c16-13-8-24-14(22-13)23-4-3-11(7-23)21-6-9-1-2-10(17)5-12(9)15(18,19)20/h1-2,5,8,11,21H,3-4,6-7H2. The Morgan fingerprint density at radius 2 is 2.17 bits per heavy atom. The molecule has 3 nitrogen and oxygen atoms in total. The molecule has 0 bridgehead atoms. The number of benzene rings is 1. The lowest BCUT2D eigenvalue weighted by molar-refractivity contribution is -0.138. The van der Waals surface area contributed by atoms with Crippen LogP contribution in [0.25, 0.3) is 0 Å². The second-order valence-electron chi connectivity index (χ2n) is 5.56. The first kappa shape index (κ1) is 17.6. The lowest BCUT2D eigenvalue weighted by Crippen LogP contribution is -2.32. The first-order valence-electron chi connectivity index (χ1n) is 7.28. The zero-order valence-corrected chi connectivity index (χ0v) is 14.8. The highest BCUT2D eigenvalue weighted by Crippen LogP contribution is 2.33. The van der Waals surface area contributed by atoms with E-state index in [-0.39, 0.29) is 18.2 Å². The summed E-state index contributed by atoms with van der Waals surface area (Å²) in [6.45, 7) is 1.53. The molecule has 1 aliphatic heterocycles. The van der Waals surface area contributed by atoms with E-state index in [9.17, 15) is 17.6 Å². The van der Waals surface area contributed by atoms with Crippen LogP contribution in [-0.4, -0.2) is 24.1 Å². The maximum Gasteiger partial charge on any atom is 0.416 e. The number of anilines is 1. The number of alkyl halides is 3. The van der Waals surface area contributed by atoms with Crippen LogP contribution in [0.5, 0.6) is 0 Å². The zero-order chi connectivity index (χ0) is 17.3. The first-order valence-corrected chi connectivity index (χ1v) is 8.95. The van der Waals surface area contributed by atoms with Gasteiger partial charge < -0.3 is 10.2 Å². The number of nitrogens with one attached hydrogen (secondary N) is 1. The van der Waals surface area contributed by atoms with E-state index in [4.69, 9.17) is 0 Å². The molecule has 1 aliphatic rings. The van der Waals surface area contributed by atoms with Gasteiger partial charge in [-0.2, -0.15) is 13.2 Å². The van der Waals surface area contributed by atoms with Gasteiger partial charge in [-0.25, -0.2) is 9.37 Å². The molecule has 0 saturated carbocycles. The number of halogens is 5. The molecule has 1 N–H and O–H groups in total. The highest BCUT2D eigenvalue weighted by molar-refractivity contribution is 9.10. The van der Waals surface area contributed by atoms with Gasteiger partial charge in [0.2, 0.25) is 0 Å². The molecule has 130 valence electrons. The molecule has 0 amide bonds. The lowest BCUT2D eigenvalue weighted by atomic mass is 10.1. The molecular weight excluding hydrogens is 410 g/mol. The third-order valence-electron chi connectivity index (χ3n) is 3.88. The van der Waals surface area contributed by atoms with Crippen molar-refractivity contribution in [2.45, 2.75) is 25.2 Å². The summed E-state index contributed by atoms with van der Waals surface area (Å²) < 4.78 is 52.9. The van der Waals surface area contributed by atoms with Gasteiger partial charge >= 0.3 is 6.18 Å². The molecule has 1 atom stereocenters. The third-order valence-corrected chi connectivity index (χ3v) is 5.49. The normalized spacial score (nSPS) is 18.4. The average Bonchev–Trinajstić information content (AvgIpc) is 3.13. The molecule has 1 aromatic heterocycles. The summed E-state index contributed by atoms with van der Waals surface area (Å²) >= 11 is 4.83. The summed E-state index contributed by atoms with van der Waals surface area (Å²) in [5, 5.41) is 5.92. The second kappa shape index (κ2) is 6.97. The molecule has 24 heavy (non-hydrogen) atoms. The number of thiazole rings is 1. The van der Waals surface area contributed by atoms with Crippen molar-refractivity contribution in [3.05, 3.63) is 45.1 Å². The van der Waals surface area contributed by atoms with Crippen LogP contribution in [-0.2, 0) is 12.7 Å². The van der Waals surface area contributed by atoms with Crippen LogP contribution in [0.15, 0.2) is 28.2 Å². The fourth-order valence-electron chi connectivity index (χ4n) is 2.71. The van der Waals surface area contributed by atoms with Crippen molar-refractivity contribution in [1.29, 1.82) is 0 Å². The van der Waals surface area contributed by atoms with Crippen molar-refractivity contribution in [3.8, 4) is 0 Å². The molecular formula is C15H14BrF4N3S. The summed E-state index contributed by atoms with van der Waals surface area (Å²) in [4.78, 5) is 6.44. The Morgan fingerprint density at radius 1 is 1.38 bits per heavy atom. The lowest BCUT2D eigenvalue weighted by Gasteiger charge is -2.18. The van der Waals surface area contributed by atoms with Gasteiger partial charge in [-0.05, 0) is 40.0 Å². The molecule has 1 aromatic carbocycles. The Morgan fingerprint density at radius 3 is 2.83 bits per heavy atom. The van der Waals surface area contributed by atoms with E-state index >= 15 is 0 Å². The summed E-state index contributed by atoms with van der Waals surface area (Å²) in [6.07, 6.45) is -3.74. The minimum atomic E-state index is -4.56. The van der Waals surface area contributed by atoms with E-state index in [1.807, 2.05) is 5.38 Å². The van der Waals surface area contributed by atoms with Gasteiger partial charge in [0.15, 0.2) is 5.13 Å². The van der Waals surface area contributed by atoms with Crippen LogP contribution in [0.2, 0.25) is 0 Å². The van der Waals surface area contributed by atoms with Crippen LogP contribution in [0, 0.1) is 5.82 Å². The second-order valence-corrected chi connectivity index (χ2v) is 7.21. The van der Waals surface area contributed by atoms with Gasteiger partial charge in [-0.15, -0.1) is 11.3 Å². The Labute approximate surface area is 148 Å². The number of hydrogen-bond donors (Lipinski definition) is 1. The smallest absolute Gasteiger partial charge is 0.346 e. The van der Waals surface area contributed by atoms with Crippen molar-refractivity contribution in [2.24, 2.45) is 0 Å². The molecule has 3 rings (SSSR count). The summed E-state index contributed by atoms with van der Waals surface area (Å²) in [6, 6.07) is 2.86. The minimum absolute atomic E-state index is 0.0508. The zero-order valence-electron chi connectivity index (χ0n) is 12.4. The molecule has 1 fully saturated rings. The summed E-state index contributed by atoms with van der Waals surface area (Å²) in [7, 11) is 0. The van der Waals surface area contributed by atoms with Gasteiger partial charge in [0.25, 0.3) is 0 Å². The van der Waals surface area contributed by atoms with Gasteiger partial charge in [0.1, 0.15) is 10.4 Å². The summed E-state index contributed by atoms with van der Waals surface area (Å²) in [5.74, 6) is -0.882. The summed E-state index contributed by atoms with van der Waals surface area (Å²) in [5.41, 5.74) is -0.868. The van der Waals surface area contributed by atoms with Crippen LogP contribution in [0.3, 0.4) is 0 Å². The van der Waals surface area contributed by atoms with E-state index < -0.39 is 17.6 Å². The van der Waals surface area contributed by atoms with Crippen LogP contribution in [0.4, 0.5) is 22.7 Å².